The summed E-state index contributed by atoms with van der Waals surface area (Å²) in [5, 5.41) is 17.1. The Bertz CT molecular complexity index is 1110. The summed E-state index contributed by atoms with van der Waals surface area (Å²) in [6.07, 6.45) is 0. The van der Waals surface area contributed by atoms with Gasteiger partial charge in [-0.2, -0.15) is 5.10 Å². The van der Waals surface area contributed by atoms with Crippen molar-refractivity contribution < 1.29 is 23.4 Å². The summed E-state index contributed by atoms with van der Waals surface area (Å²) in [5.74, 6) is -1.12. The van der Waals surface area contributed by atoms with Crippen molar-refractivity contribution in [2.45, 2.75) is 26.4 Å². The lowest BCUT2D eigenvalue weighted by molar-refractivity contribution is 0.0647. The van der Waals surface area contributed by atoms with Gasteiger partial charge in [0, 0.05) is 12.7 Å². The number of hydrogen-bond donors (Lipinski definition) is 2. The molecule has 1 heterocycles. The summed E-state index contributed by atoms with van der Waals surface area (Å²) >= 11 is 0. The van der Waals surface area contributed by atoms with Crippen molar-refractivity contribution >= 4 is 11.6 Å². The molecule has 7 nitrogen and oxygen atoms in total. The van der Waals surface area contributed by atoms with Gasteiger partial charge in [-0.25, -0.2) is 18.4 Å². The van der Waals surface area contributed by atoms with E-state index in [9.17, 15) is 18.7 Å². The summed E-state index contributed by atoms with van der Waals surface area (Å²) < 4.78 is 34.5. The van der Waals surface area contributed by atoms with Crippen LogP contribution in [0.5, 0.6) is 5.75 Å². The molecule has 164 valence electrons. The second kappa shape index (κ2) is 8.81. The van der Waals surface area contributed by atoms with E-state index in [1.807, 2.05) is 19.1 Å². The molecule has 0 saturated carbocycles. The van der Waals surface area contributed by atoms with E-state index >= 15 is 0 Å². The molecule has 1 amide bonds. The van der Waals surface area contributed by atoms with Gasteiger partial charge in [0.2, 0.25) is 0 Å². The molecule has 3 rings (SSSR count). The summed E-state index contributed by atoms with van der Waals surface area (Å²) in [5.41, 5.74) is -0.0214. The number of aromatic nitrogens is 3. The number of ether oxygens (including phenoxy) is 1. The molecule has 3 aromatic rings. The third kappa shape index (κ3) is 4.88. The molecule has 31 heavy (non-hydrogen) atoms. The van der Waals surface area contributed by atoms with Gasteiger partial charge in [0.05, 0.1) is 11.1 Å². The van der Waals surface area contributed by atoms with Crippen molar-refractivity contribution in [2.75, 3.05) is 18.6 Å². The van der Waals surface area contributed by atoms with Crippen LogP contribution in [0.4, 0.5) is 14.5 Å². The molecule has 0 aliphatic carbocycles. The minimum Gasteiger partial charge on any atom is -0.490 e. The number of carbonyl (C=O) groups excluding carboxylic acids is 1. The maximum atomic E-state index is 15.0. The predicted molar refractivity (Wildman–Crippen MR) is 112 cm³/mol. The standard InChI is InChI=1S/C22H24F2N4O3/c1-13-7-5-6-8-17(13)25-20(29)15-11-16(24)14(12-18(15)31-10-9-23)19-26-21(22(2,3)30)28(4)27-19/h5-8,11-12,30H,9-10H2,1-4H3,(H,25,29). The number of nitrogens with one attached hydrogen (secondary N) is 1. The lowest BCUT2D eigenvalue weighted by atomic mass is 10.1. The molecule has 0 aliphatic rings. The number of hydrogen-bond acceptors (Lipinski definition) is 5. The Hall–Kier alpha value is -3.33. The van der Waals surface area contributed by atoms with Gasteiger partial charge in [-0.15, -0.1) is 0 Å². The number of benzene rings is 2. The zero-order valence-electron chi connectivity index (χ0n) is 17.7. The molecule has 9 heteroatoms. The first-order valence-corrected chi connectivity index (χ1v) is 9.65. The van der Waals surface area contributed by atoms with E-state index in [1.54, 1.807) is 19.2 Å². The predicted octanol–water partition coefficient (Wildman–Crippen LogP) is 3.76. The van der Waals surface area contributed by atoms with E-state index in [2.05, 4.69) is 15.4 Å². The molecular weight excluding hydrogens is 406 g/mol. The summed E-state index contributed by atoms with van der Waals surface area (Å²) in [6, 6.07) is 9.41. The molecule has 1 aromatic heterocycles. The summed E-state index contributed by atoms with van der Waals surface area (Å²) in [4.78, 5) is 17.0. The normalized spacial score (nSPS) is 11.5. The highest BCUT2D eigenvalue weighted by atomic mass is 19.1. The van der Waals surface area contributed by atoms with E-state index in [-0.39, 0.29) is 35.1 Å². The third-order valence-electron chi connectivity index (χ3n) is 4.59. The summed E-state index contributed by atoms with van der Waals surface area (Å²) in [7, 11) is 1.58. The van der Waals surface area contributed by atoms with Gasteiger partial charge in [0.15, 0.2) is 11.6 Å². The minimum absolute atomic E-state index is 0.00241. The highest BCUT2D eigenvalue weighted by molar-refractivity contribution is 6.06. The number of rotatable bonds is 7. The Kier molecular flexibility index (Phi) is 6.35. The fraction of sp³-hybridized carbons (Fsp3) is 0.318. The number of aliphatic hydroxyl groups is 1. The first-order chi connectivity index (χ1) is 14.6. The Morgan fingerprint density at radius 1 is 1.29 bits per heavy atom. The molecule has 0 bridgehead atoms. The van der Waals surface area contributed by atoms with Gasteiger partial charge in [0.25, 0.3) is 5.91 Å². The van der Waals surface area contributed by atoms with Crippen LogP contribution in [0, 0.1) is 12.7 Å². The molecule has 0 atom stereocenters. The van der Waals surface area contributed by atoms with Gasteiger partial charge >= 0.3 is 0 Å². The highest BCUT2D eigenvalue weighted by Crippen LogP contribution is 2.31. The van der Waals surface area contributed by atoms with Crippen LogP contribution in [0.2, 0.25) is 0 Å². The zero-order valence-corrected chi connectivity index (χ0v) is 17.7. The smallest absolute Gasteiger partial charge is 0.259 e. The quantitative estimate of drug-likeness (QED) is 0.596. The molecule has 0 saturated heterocycles. The van der Waals surface area contributed by atoms with Crippen molar-refractivity contribution in [1.82, 2.24) is 14.8 Å². The first kappa shape index (κ1) is 22.4. The van der Waals surface area contributed by atoms with Crippen molar-refractivity contribution in [3.8, 4) is 17.1 Å². The van der Waals surface area contributed by atoms with E-state index in [1.165, 1.54) is 24.6 Å². The molecule has 0 unspecified atom stereocenters. The molecule has 0 aliphatic heterocycles. The zero-order chi connectivity index (χ0) is 22.8. The van der Waals surface area contributed by atoms with Gasteiger partial charge < -0.3 is 15.2 Å². The van der Waals surface area contributed by atoms with Crippen LogP contribution in [0.25, 0.3) is 11.4 Å². The molecule has 0 fully saturated rings. The van der Waals surface area contributed by atoms with Crippen LogP contribution in [0.3, 0.4) is 0 Å². The Labute approximate surface area is 178 Å². The molecule has 2 N–H and O–H groups in total. The first-order valence-electron chi connectivity index (χ1n) is 9.65. The maximum absolute atomic E-state index is 15.0. The average molecular weight is 430 g/mol. The van der Waals surface area contributed by atoms with E-state index in [4.69, 9.17) is 4.74 Å². The van der Waals surface area contributed by atoms with Gasteiger partial charge in [-0.3, -0.25) is 4.79 Å². The number of carbonyl (C=O) groups is 1. The number of amides is 1. The second-order valence-corrected chi connectivity index (χ2v) is 7.58. The molecule has 2 aromatic carbocycles. The molecule has 0 radical (unpaired) electrons. The second-order valence-electron chi connectivity index (χ2n) is 7.58. The van der Waals surface area contributed by atoms with Crippen molar-refractivity contribution in [3.63, 3.8) is 0 Å². The van der Waals surface area contributed by atoms with Crippen LogP contribution in [-0.2, 0) is 12.6 Å². The van der Waals surface area contributed by atoms with E-state index in [0.717, 1.165) is 11.6 Å². The van der Waals surface area contributed by atoms with E-state index < -0.39 is 24.0 Å². The van der Waals surface area contributed by atoms with E-state index in [0.29, 0.717) is 5.69 Å². The largest absolute Gasteiger partial charge is 0.490 e. The van der Waals surface area contributed by atoms with Crippen LogP contribution in [-0.4, -0.2) is 39.1 Å². The average Bonchev–Trinajstić information content (AvgIpc) is 3.10. The van der Waals surface area contributed by atoms with Crippen LogP contribution >= 0.6 is 0 Å². The number of nitrogens with zero attached hydrogens (tertiary/aromatic N) is 3. The van der Waals surface area contributed by atoms with Gasteiger partial charge in [-0.1, -0.05) is 18.2 Å². The number of alkyl halides is 1. The van der Waals surface area contributed by atoms with Gasteiger partial charge in [-0.05, 0) is 44.5 Å². The van der Waals surface area contributed by atoms with Crippen molar-refractivity contribution in [1.29, 1.82) is 0 Å². The summed E-state index contributed by atoms with van der Waals surface area (Å²) in [6.45, 7) is 3.81. The Balaban J connectivity index is 2.03. The number of halogens is 2. The van der Waals surface area contributed by atoms with Crippen LogP contribution in [0.1, 0.15) is 35.6 Å². The Morgan fingerprint density at radius 2 is 2.00 bits per heavy atom. The van der Waals surface area contributed by atoms with Crippen molar-refractivity contribution in [2.24, 2.45) is 7.05 Å². The highest BCUT2D eigenvalue weighted by Gasteiger charge is 2.26. The van der Waals surface area contributed by atoms with Gasteiger partial charge in [0.1, 0.15) is 30.4 Å². The number of para-hydroxylation sites is 1. The minimum atomic E-state index is -1.29. The SMILES string of the molecule is Cc1ccccc1NC(=O)c1cc(F)c(-c2nc(C(C)(C)O)n(C)n2)cc1OCCF. The molecular formula is C22H24F2N4O3. The van der Waals surface area contributed by atoms with Crippen LogP contribution in [0.15, 0.2) is 36.4 Å². The number of aryl methyl sites for hydroxylation is 2. The lowest BCUT2D eigenvalue weighted by Crippen LogP contribution is -2.21. The fourth-order valence-electron chi connectivity index (χ4n) is 3.10. The number of anilines is 1. The molecule has 0 spiro atoms. The topological polar surface area (TPSA) is 89.3 Å². The van der Waals surface area contributed by atoms with Crippen molar-refractivity contribution in [3.05, 3.63) is 59.2 Å². The fourth-order valence-corrected chi connectivity index (χ4v) is 3.10. The lowest BCUT2D eigenvalue weighted by Gasteiger charge is -2.15. The third-order valence-corrected chi connectivity index (χ3v) is 4.59. The maximum Gasteiger partial charge on any atom is 0.259 e. The van der Waals surface area contributed by atoms with Crippen LogP contribution < -0.4 is 10.1 Å². The monoisotopic (exact) mass is 430 g/mol. The Morgan fingerprint density at radius 3 is 2.61 bits per heavy atom.